The predicted octanol–water partition coefficient (Wildman–Crippen LogP) is 4.07. The minimum absolute atomic E-state index is 0.694. The minimum atomic E-state index is 0.694. The Hall–Kier alpha value is -2.18. The van der Waals surface area contributed by atoms with Gasteiger partial charge in [0.05, 0.1) is 12.3 Å². The van der Waals surface area contributed by atoms with Crippen LogP contribution in [0, 0.1) is 13.8 Å². The van der Waals surface area contributed by atoms with Crippen LogP contribution in [0.1, 0.15) is 18.1 Å². The molecule has 6 heteroatoms. The van der Waals surface area contributed by atoms with Gasteiger partial charge in [0, 0.05) is 18.6 Å². The van der Waals surface area contributed by atoms with Gasteiger partial charge in [-0.25, -0.2) is 0 Å². The van der Waals surface area contributed by atoms with Gasteiger partial charge in [-0.2, -0.15) is 0 Å². The predicted molar refractivity (Wildman–Crippen MR) is 101 cm³/mol. The lowest BCUT2D eigenvalue weighted by atomic mass is 10.1. The van der Waals surface area contributed by atoms with Crippen LogP contribution in [-0.4, -0.2) is 38.7 Å². The number of aromatic nitrogens is 4. The minimum Gasteiger partial charge on any atom is -0.381 e. The van der Waals surface area contributed by atoms with Crippen LogP contribution in [0.4, 0.5) is 0 Å². The molecule has 2 heterocycles. The Kier molecular flexibility index (Phi) is 5.83. The van der Waals surface area contributed by atoms with Crippen LogP contribution in [0.5, 0.6) is 0 Å². The Bertz CT molecular complexity index is 833. The Balaban J connectivity index is 2.03. The molecule has 0 saturated heterocycles. The summed E-state index contributed by atoms with van der Waals surface area (Å²) in [6.07, 6.45) is 1.78. The third-order valence-electron chi connectivity index (χ3n) is 3.78. The van der Waals surface area contributed by atoms with Crippen molar-refractivity contribution in [2.45, 2.75) is 25.9 Å². The fourth-order valence-electron chi connectivity index (χ4n) is 2.63. The average Bonchev–Trinajstić information content (AvgIpc) is 3.03. The number of pyridine rings is 1. The smallest absolute Gasteiger partial charge is 0.196 e. The normalized spacial score (nSPS) is 11.0. The van der Waals surface area contributed by atoms with Crippen molar-refractivity contribution in [1.82, 2.24) is 19.7 Å². The highest BCUT2D eigenvalue weighted by Gasteiger charge is 2.18. The highest BCUT2D eigenvalue weighted by atomic mass is 32.2. The van der Waals surface area contributed by atoms with Crippen molar-refractivity contribution in [3.63, 3.8) is 0 Å². The average molecular weight is 354 g/mol. The quantitative estimate of drug-likeness (QED) is 0.473. The lowest BCUT2D eigenvalue weighted by molar-refractivity contribution is 0.164. The SMILES string of the molecule is CCOCCSc1nnc(-c2ccccn2)n1-c1ccc(C)cc1C. The molecule has 5 nitrogen and oxygen atoms in total. The molecule has 1 aromatic carbocycles. The zero-order valence-electron chi connectivity index (χ0n) is 14.8. The lowest BCUT2D eigenvalue weighted by Crippen LogP contribution is -2.04. The van der Waals surface area contributed by atoms with E-state index in [1.165, 1.54) is 11.1 Å². The van der Waals surface area contributed by atoms with Crippen LogP contribution in [0.3, 0.4) is 0 Å². The maximum atomic E-state index is 5.44. The summed E-state index contributed by atoms with van der Waals surface area (Å²) < 4.78 is 7.53. The van der Waals surface area contributed by atoms with E-state index in [1.54, 1.807) is 18.0 Å². The Morgan fingerprint density at radius 1 is 1.12 bits per heavy atom. The van der Waals surface area contributed by atoms with Gasteiger partial charge in [-0.15, -0.1) is 10.2 Å². The van der Waals surface area contributed by atoms with Crippen LogP contribution in [-0.2, 0) is 4.74 Å². The lowest BCUT2D eigenvalue weighted by Gasteiger charge is -2.13. The van der Waals surface area contributed by atoms with Gasteiger partial charge < -0.3 is 4.74 Å². The summed E-state index contributed by atoms with van der Waals surface area (Å²) in [6, 6.07) is 12.2. The number of aryl methyl sites for hydroxylation is 2. The number of hydrogen-bond donors (Lipinski definition) is 0. The maximum absolute atomic E-state index is 5.44. The topological polar surface area (TPSA) is 52.8 Å². The van der Waals surface area contributed by atoms with E-state index in [4.69, 9.17) is 4.74 Å². The molecule has 0 radical (unpaired) electrons. The second-order valence-corrected chi connectivity index (χ2v) is 6.75. The molecule has 0 saturated carbocycles. The first kappa shape index (κ1) is 17.6. The summed E-state index contributed by atoms with van der Waals surface area (Å²) in [4.78, 5) is 4.45. The molecule has 0 spiro atoms. The van der Waals surface area contributed by atoms with Crippen LogP contribution < -0.4 is 0 Å². The Morgan fingerprint density at radius 3 is 2.72 bits per heavy atom. The maximum Gasteiger partial charge on any atom is 0.196 e. The molecule has 25 heavy (non-hydrogen) atoms. The van der Waals surface area contributed by atoms with Crippen LogP contribution >= 0.6 is 11.8 Å². The standard InChI is InChI=1S/C19H22N4OS/c1-4-24-11-12-25-19-22-21-18(16-7-5-6-10-20-16)23(19)17-9-8-14(2)13-15(17)3/h5-10,13H,4,11-12H2,1-3H3. The second-order valence-electron chi connectivity index (χ2n) is 5.69. The fraction of sp³-hybridized carbons (Fsp3) is 0.316. The first-order chi connectivity index (χ1) is 12.2. The van der Waals surface area contributed by atoms with Gasteiger partial charge in [0.1, 0.15) is 5.69 Å². The van der Waals surface area contributed by atoms with E-state index < -0.39 is 0 Å². The zero-order chi connectivity index (χ0) is 17.6. The van der Waals surface area contributed by atoms with Crippen molar-refractivity contribution in [2.75, 3.05) is 19.0 Å². The second kappa shape index (κ2) is 8.27. The van der Waals surface area contributed by atoms with E-state index in [-0.39, 0.29) is 0 Å². The summed E-state index contributed by atoms with van der Waals surface area (Å²) >= 11 is 1.65. The first-order valence-corrected chi connectivity index (χ1v) is 9.34. The van der Waals surface area contributed by atoms with E-state index >= 15 is 0 Å². The van der Waals surface area contributed by atoms with Crippen LogP contribution in [0.2, 0.25) is 0 Å². The van der Waals surface area contributed by atoms with E-state index in [1.807, 2.05) is 25.1 Å². The van der Waals surface area contributed by atoms with Crippen LogP contribution in [0.25, 0.3) is 17.2 Å². The van der Waals surface area contributed by atoms with Gasteiger partial charge in [-0.3, -0.25) is 9.55 Å². The summed E-state index contributed by atoms with van der Waals surface area (Å²) in [5, 5.41) is 9.68. The molecule has 0 unspecified atom stereocenters. The van der Waals surface area contributed by atoms with Crippen molar-refractivity contribution in [1.29, 1.82) is 0 Å². The molecular formula is C19H22N4OS. The third kappa shape index (κ3) is 4.08. The summed E-state index contributed by atoms with van der Waals surface area (Å²) in [5.74, 6) is 1.59. The molecule has 0 fully saturated rings. The molecule has 0 atom stereocenters. The number of thioether (sulfide) groups is 1. The Labute approximate surface area is 152 Å². The van der Waals surface area contributed by atoms with Gasteiger partial charge in [0.25, 0.3) is 0 Å². The van der Waals surface area contributed by atoms with Gasteiger partial charge >= 0.3 is 0 Å². The Morgan fingerprint density at radius 2 is 2.00 bits per heavy atom. The zero-order valence-corrected chi connectivity index (χ0v) is 15.6. The van der Waals surface area contributed by atoms with E-state index in [2.05, 4.69) is 51.8 Å². The van der Waals surface area contributed by atoms with Crippen molar-refractivity contribution in [3.05, 3.63) is 53.7 Å². The summed E-state index contributed by atoms with van der Waals surface area (Å²) in [5.41, 5.74) is 4.31. The molecule has 130 valence electrons. The van der Waals surface area contributed by atoms with Crippen molar-refractivity contribution >= 4 is 11.8 Å². The van der Waals surface area contributed by atoms with E-state index in [0.717, 1.165) is 34.7 Å². The largest absolute Gasteiger partial charge is 0.381 e. The summed E-state index contributed by atoms with van der Waals surface area (Å²) in [7, 11) is 0. The van der Waals surface area contributed by atoms with Gasteiger partial charge in [-0.1, -0.05) is 35.5 Å². The molecule has 3 aromatic rings. The van der Waals surface area contributed by atoms with Gasteiger partial charge in [-0.05, 0) is 44.5 Å². The number of nitrogens with zero attached hydrogens (tertiary/aromatic N) is 4. The molecule has 0 amide bonds. The van der Waals surface area contributed by atoms with E-state index in [9.17, 15) is 0 Å². The monoisotopic (exact) mass is 354 g/mol. The van der Waals surface area contributed by atoms with Crippen molar-refractivity contribution < 1.29 is 4.74 Å². The molecule has 0 bridgehead atoms. The molecule has 0 aliphatic rings. The molecule has 0 N–H and O–H groups in total. The highest BCUT2D eigenvalue weighted by molar-refractivity contribution is 7.99. The third-order valence-corrected chi connectivity index (χ3v) is 4.68. The van der Waals surface area contributed by atoms with Crippen molar-refractivity contribution in [2.24, 2.45) is 0 Å². The highest BCUT2D eigenvalue weighted by Crippen LogP contribution is 2.28. The summed E-state index contributed by atoms with van der Waals surface area (Å²) in [6.45, 7) is 7.63. The molecule has 0 aliphatic carbocycles. The number of ether oxygens (including phenoxy) is 1. The number of hydrogen-bond acceptors (Lipinski definition) is 5. The van der Waals surface area contributed by atoms with Crippen LogP contribution in [0.15, 0.2) is 47.8 Å². The first-order valence-electron chi connectivity index (χ1n) is 8.35. The van der Waals surface area contributed by atoms with Gasteiger partial charge in [0.15, 0.2) is 11.0 Å². The number of rotatable bonds is 7. The molecule has 3 rings (SSSR count). The van der Waals surface area contributed by atoms with Gasteiger partial charge in [0.2, 0.25) is 0 Å². The number of benzene rings is 1. The molecule has 2 aromatic heterocycles. The molecule has 0 aliphatic heterocycles. The fourth-order valence-corrected chi connectivity index (χ4v) is 3.43. The van der Waals surface area contributed by atoms with Crippen molar-refractivity contribution in [3.8, 4) is 17.2 Å². The van der Waals surface area contributed by atoms with E-state index in [0.29, 0.717) is 6.61 Å². The molecular weight excluding hydrogens is 332 g/mol.